The number of benzene rings is 3. The van der Waals surface area contributed by atoms with Gasteiger partial charge in [0.1, 0.15) is 17.2 Å². The van der Waals surface area contributed by atoms with E-state index < -0.39 is 35.2 Å². The normalized spacial score (nSPS) is 17.3. The van der Waals surface area contributed by atoms with Crippen LogP contribution in [0.3, 0.4) is 0 Å². The maximum Gasteiger partial charge on any atom is 0.408 e. The maximum absolute atomic E-state index is 13.5. The van der Waals surface area contributed by atoms with Crippen molar-refractivity contribution >= 4 is 29.6 Å². The van der Waals surface area contributed by atoms with Crippen LogP contribution in [-0.4, -0.2) is 40.3 Å². The number of amides is 2. The molecule has 0 aromatic heterocycles. The highest BCUT2D eigenvalue weighted by molar-refractivity contribution is 6.30. The number of carboxylic acid groups (broad SMARTS) is 1. The number of hydrogen-bond donors (Lipinski definition) is 3. The Balaban J connectivity index is 1.57. The predicted molar refractivity (Wildman–Crippen MR) is 146 cm³/mol. The van der Waals surface area contributed by atoms with Gasteiger partial charge in [-0.2, -0.15) is 0 Å². The van der Waals surface area contributed by atoms with Crippen LogP contribution in [-0.2, 0) is 33.6 Å². The van der Waals surface area contributed by atoms with E-state index in [9.17, 15) is 19.5 Å². The number of hydrogen-bond acceptors (Lipinski definition) is 4. The Labute approximate surface area is 227 Å². The number of carbonyl (C=O) groups excluding carboxylic acids is 2. The molecule has 2 atom stereocenters. The van der Waals surface area contributed by atoms with Crippen molar-refractivity contribution in [2.24, 2.45) is 0 Å². The quantitative estimate of drug-likeness (QED) is 0.387. The van der Waals surface area contributed by atoms with E-state index in [0.717, 1.165) is 27.8 Å². The summed E-state index contributed by atoms with van der Waals surface area (Å²) in [5.41, 5.74) is 2.11. The molecular weight excluding hydrogens is 504 g/mol. The fourth-order valence-corrected chi connectivity index (χ4v) is 4.75. The van der Waals surface area contributed by atoms with E-state index in [1.54, 1.807) is 32.9 Å². The number of nitrogens with one attached hydrogen (secondary N) is 2. The third kappa shape index (κ3) is 6.53. The molecule has 0 bridgehead atoms. The summed E-state index contributed by atoms with van der Waals surface area (Å²) >= 11 is 6.01. The first-order chi connectivity index (χ1) is 17.9. The average Bonchev–Trinajstić information content (AvgIpc) is 3.22. The van der Waals surface area contributed by atoms with Crippen molar-refractivity contribution in [1.82, 2.24) is 10.6 Å². The Morgan fingerprint density at radius 3 is 2.21 bits per heavy atom. The van der Waals surface area contributed by atoms with Crippen LogP contribution in [0.25, 0.3) is 11.1 Å². The number of fused-ring (bicyclic) bond motifs is 1. The van der Waals surface area contributed by atoms with Gasteiger partial charge in [0, 0.05) is 24.3 Å². The summed E-state index contributed by atoms with van der Waals surface area (Å²) < 4.78 is 5.36. The summed E-state index contributed by atoms with van der Waals surface area (Å²) in [5, 5.41) is 16.3. The number of carbonyl (C=O) groups is 3. The molecule has 0 saturated heterocycles. The molecule has 198 valence electrons. The van der Waals surface area contributed by atoms with Crippen LogP contribution in [0.4, 0.5) is 4.79 Å². The van der Waals surface area contributed by atoms with Crippen LogP contribution in [0.5, 0.6) is 0 Å². The molecular formula is C30H31ClN2O5. The van der Waals surface area contributed by atoms with Crippen molar-refractivity contribution in [2.75, 3.05) is 0 Å². The molecule has 0 heterocycles. The lowest BCUT2D eigenvalue weighted by Crippen LogP contribution is -2.60. The summed E-state index contributed by atoms with van der Waals surface area (Å²) in [6.45, 7) is 5.19. The molecule has 8 heteroatoms. The molecule has 2 amide bonds. The van der Waals surface area contributed by atoms with E-state index in [1.807, 2.05) is 60.7 Å². The lowest BCUT2D eigenvalue weighted by Gasteiger charge is -2.29. The number of carboxylic acids is 1. The van der Waals surface area contributed by atoms with Crippen molar-refractivity contribution in [3.63, 3.8) is 0 Å². The summed E-state index contributed by atoms with van der Waals surface area (Å²) in [6.07, 6.45) is -0.320. The van der Waals surface area contributed by atoms with Crippen LogP contribution in [0, 0.1) is 0 Å². The van der Waals surface area contributed by atoms with Crippen molar-refractivity contribution in [3.8, 4) is 11.1 Å². The smallest absolute Gasteiger partial charge is 0.408 e. The highest BCUT2D eigenvalue weighted by atomic mass is 35.5. The second-order valence-corrected chi connectivity index (χ2v) is 11.0. The number of alkyl carbamates (subject to hydrolysis) is 1. The van der Waals surface area contributed by atoms with Gasteiger partial charge in [0.2, 0.25) is 5.91 Å². The largest absolute Gasteiger partial charge is 0.479 e. The number of rotatable bonds is 7. The zero-order valence-electron chi connectivity index (χ0n) is 21.6. The van der Waals surface area contributed by atoms with Crippen LogP contribution >= 0.6 is 11.6 Å². The third-order valence-electron chi connectivity index (χ3n) is 6.43. The number of halogens is 1. The summed E-state index contributed by atoms with van der Waals surface area (Å²) in [4.78, 5) is 38.6. The topological polar surface area (TPSA) is 105 Å². The van der Waals surface area contributed by atoms with Gasteiger partial charge in [0.25, 0.3) is 0 Å². The Bertz CT molecular complexity index is 1330. The molecule has 4 rings (SSSR count). The molecule has 0 spiro atoms. The van der Waals surface area contributed by atoms with Gasteiger partial charge in [-0.1, -0.05) is 72.3 Å². The molecule has 0 radical (unpaired) electrons. The van der Waals surface area contributed by atoms with E-state index >= 15 is 0 Å². The van der Waals surface area contributed by atoms with Gasteiger partial charge in [0.15, 0.2) is 0 Å². The van der Waals surface area contributed by atoms with Crippen molar-refractivity contribution in [3.05, 3.63) is 94.5 Å². The van der Waals surface area contributed by atoms with Crippen LogP contribution in [0.2, 0.25) is 5.02 Å². The van der Waals surface area contributed by atoms with Crippen LogP contribution in [0.1, 0.15) is 37.5 Å². The Morgan fingerprint density at radius 1 is 0.947 bits per heavy atom. The third-order valence-corrected chi connectivity index (χ3v) is 6.68. The highest BCUT2D eigenvalue weighted by Gasteiger charge is 2.46. The van der Waals surface area contributed by atoms with Gasteiger partial charge in [-0.05, 0) is 60.7 Å². The minimum atomic E-state index is -1.54. The van der Waals surface area contributed by atoms with Gasteiger partial charge < -0.3 is 20.5 Å². The SMILES string of the molecule is CC(C)(C)OC(=O)NC(Cc1ccccc1)C(=O)NC1(C(=O)O)Cc2ccc(-c3ccc(Cl)cc3)cc2C1. The minimum Gasteiger partial charge on any atom is -0.479 e. The molecule has 3 aromatic carbocycles. The Hall–Kier alpha value is -3.84. The molecule has 7 nitrogen and oxygen atoms in total. The fraction of sp³-hybridized carbons (Fsp3) is 0.300. The predicted octanol–water partition coefficient (Wildman–Crippen LogP) is 5.18. The van der Waals surface area contributed by atoms with E-state index in [1.165, 1.54) is 0 Å². The average molecular weight is 535 g/mol. The molecule has 0 fully saturated rings. The highest BCUT2D eigenvalue weighted by Crippen LogP contribution is 2.34. The van der Waals surface area contributed by atoms with Crippen molar-refractivity contribution in [1.29, 1.82) is 0 Å². The molecule has 3 N–H and O–H groups in total. The first-order valence-corrected chi connectivity index (χ1v) is 12.8. The second-order valence-electron chi connectivity index (χ2n) is 10.6. The lowest BCUT2D eigenvalue weighted by molar-refractivity contribution is -0.147. The summed E-state index contributed by atoms with van der Waals surface area (Å²) in [7, 11) is 0. The molecule has 1 aliphatic rings. The Kier molecular flexibility index (Phi) is 7.78. The molecule has 0 saturated carbocycles. The standard InChI is InChI=1S/C30H31ClN2O5/c1-29(2,3)38-28(37)32-25(15-19-7-5-4-6-8-19)26(34)33-30(27(35)36)17-22-10-9-21(16-23(22)18-30)20-11-13-24(31)14-12-20/h4-14,16,25H,15,17-18H2,1-3H3,(H,32,37)(H,33,34)(H,35,36). The van der Waals surface area contributed by atoms with Gasteiger partial charge in [-0.15, -0.1) is 0 Å². The van der Waals surface area contributed by atoms with Crippen molar-refractivity contribution in [2.45, 2.75) is 57.2 Å². The number of ether oxygens (including phenoxy) is 1. The van der Waals surface area contributed by atoms with Gasteiger partial charge in [0.05, 0.1) is 0 Å². The first-order valence-electron chi connectivity index (χ1n) is 12.4. The van der Waals surface area contributed by atoms with Crippen molar-refractivity contribution < 1.29 is 24.2 Å². The van der Waals surface area contributed by atoms with E-state index in [2.05, 4.69) is 10.6 Å². The lowest BCUT2D eigenvalue weighted by atomic mass is 9.94. The maximum atomic E-state index is 13.5. The molecule has 0 aliphatic heterocycles. The zero-order valence-corrected chi connectivity index (χ0v) is 22.3. The molecule has 1 aliphatic carbocycles. The number of aliphatic carboxylic acids is 1. The summed E-state index contributed by atoms with van der Waals surface area (Å²) in [5.74, 6) is -1.72. The van der Waals surface area contributed by atoms with Gasteiger partial charge in [-0.25, -0.2) is 9.59 Å². The molecule has 2 unspecified atom stereocenters. The minimum absolute atomic E-state index is 0.120. The Morgan fingerprint density at radius 2 is 1.58 bits per heavy atom. The second kappa shape index (κ2) is 10.9. The molecule has 3 aromatic rings. The zero-order chi connectivity index (χ0) is 27.5. The monoisotopic (exact) mass is 534 g/mol. The van der Waals surface area contributed by atoms with E-state index in [-0.39, 0.29) is 19.3 Å². The van der Waals surface area contributed by atoms with Gasteiger partial charge >= 0.3 is 12.1 Å². The van der Waals surface area contributed by atoms with E-state index in [4.69, 9.17) is 16.3 Å². The summed E-state index contributed by atoms with van der Waals surface area (Å²) in [6, 6.07) is 21.4. The van der Waals surface area contributed by atoms with Crippen LogP contribution < -0.4 is 10.6 Å². The van der Waals surface area contributed by atoms with Gasteiger partial charge in [-0.3, -0.25) is 4.79 Å². The van der Waals surface area contributed by atoms with Crippen LogP contribution in [0.15, 0.2) is 72.8 Å². The molecule has 38 heavy (non-hydrogen) atoms. The first kappa shape index (κ1) is 27.2. The van der Waals surface area contributed by atoms with E-state index in [0.29, 0.717) is 5.02 Å². The fourth-order valence-electron chi connectivity index (χ4n) is 4.62.